The first-order chi connectivity index (χ1) is 10.0. The van der Waals surface area contributed by atoms with E-state index in [2.05, 4.69) is 38.8 Å². The van der Waals surface area contributed by atoms with Gasteiger partial charge in [-0.1, -0.05) is 20.8 Å². The number of nitrogens with two attached hydrogens (primary N) is 1. The van der Waals surface area contributed by atoms with Crippen LogP contribution >= 0.6 is 12.4 Å². The number of hydrogen-bond acceptors (Lipinski definition) is 6. The summed E-state index contributed by atoms with van der Waals surface area (Å²) in [6.45, 7) is 12.6. The molecule has 1 fully saturated rings. The second kappa shape index (κ2) is 6.62. The Morgan fingerprint density at radius 1 is 1.39 bits per heavy atom. The molecule has 1 aromatic rings. The summed E-state index contributed by atoms with van der Waals surface area (Å²) in [6.07, 6.45) is 0.194. The van der Waals surface area contributed by atoms with E-state index in [1.54, 1.807) is 6.07 Å². The molecule has 0 radical (unpaired) electrons. The van der Waals surface area contributed by atoms with Gasteiger partial charge in [-0.3, -0.25) is 10.1 Å². The molecule has 1 saturated heterocycles. The summed E-state index contributed by atoms with van der Waals surface area (Å²) < 4.78 is 6.31. The number of anilines is 2. The van der Waals surface area contributed by atoms with E-state index < -0.39 is 13.2 Å². The van der Waals surface area contributed by atoms with Crippen molar-refractivity contribution in [3.05, 3.63) is 22.2 Å². The molecule has 7 nitrogen and oxygen atoms in total. The van der Waals surface area contributed by atoms with Gasteiger partial charge in [-0.2, -0.15) is 0 Å². The Balaban J connectivity index is 0.00000264. The van der Waals surface area contributed by atoms with Gasteiger partial charge in [0.2, 0.25) is 5.82 Å². The zero-order chi connectivity index (χ0) is 16.7. The van der Waals surface area contributed by atoms with Gasteiger partial charge in [0.25, 0.3) is 0 Å². The molecule has 0 bridgehead atoms. The van der Waals surface area contributed by atoms with Crippen LogP contribution in [-0.4, -0.2) is 37.4 Å². The molecule has 0 aromatic carbocycles. The van der Waals surface area contributed by atoms with Crippen molar-refractivity contribution in [3.63, 3.8) is 0 Å². The van der Waals surface area contributed by atoms with Gasteiger partial charge in [0.15, 0.2) is 8.32 Å². The fraction of sp³-hybridized carbons (Fsp3) is 0.643. The summed E-state index contributed by atoms with van der Waals surface area (Å²) in [5.74, 6) is 0.620. The summed E-state index contributed by atoms with van der Waals surface area (Å²) in [5, 5.41) is 10.9. The van der Waals surface area contributed by atoms with Crippen molar-refractivity contribution >= 4 is 38.0 Å². The molecule has 2 rings (SSSR count). The number of nitrogen functional groups attached to an aromatic ring is 1. The van der Waals surface area contributed by atoms with E-state index in [9.17, 15) is 10.1 Å². The van der Waals surface area contributed by atoms with E-state index in [0.29, 0.717) is 5.82 Å². The second-order valence-corrected chi connectivity index (χ2v) is 12.0. The van der Waals surface area contributed by atoms with Crippen molar-refractivity contribution in [3.8, 4) is 0 Å². The summed E-state index contributed by atoms with van der Waals surface area (Å²) in [7, 11) is -1.76. The highest BCUT2D eigenvalue weighted by atomic mass is 35.5. The predicted octanol–water partition coefficient (Wildman–Crippen LogP) is 3.20. The minimum absolute atomic E-state index is 0. The molecule has 0 saturated carbocycles. The Hall–Kier alpha value is -1.38. The molecule has 23 heavy (non-hydrogen) atoms. The minimum Gasteiger partial charge on any atom is -0.410 e. The van der Waals surface area contributed by atoms with Crippen molar-refractivity contribution in [2.45, 2.75) is 45.0 Å². The van der Waals surface area contributed by atoms with Crippen molar-refractivity contribution in [2.24, 2.45) is 0 Å². The number of nitro groups is 1. The average Bonchev–Trinajstić information content (AvgIpc) is 2.31. The maximum absolute atomic E-state index is 10.7. The third-order valence-electron chi connectivity index (χ3n) is 4.52. The van der Waals surface area contributed by atoms with Gasteiger partial charge in [-0.25, -0.2) is 4.98 Å². The Kier molecular flexibility index (Phi) is 5.66. The zero-order valence-electron chi connectivity index (χ0n) is 14.2. The second-order valence-electron chi connectivity index (χ2n) is 7.24. The number of halogens is 1. The highest BCUT2D eigenvalue weighted by Crippen LogP contribution is 2.38. The van der Waals surface area contributed by atoms with Crippen molar-refractivity contribution in [2.75, 3.05) is 23.7 Å². The van der Waals surface area contributed by atoms with Crippen LogP contribution < -0.4 is 10.6 Å². The summed E-state index contributed by atoms with van der Waals surface area (Å²) in [4.78, 5) is 16.4. The molecule has 2 N–H and O–H groups in total. The average molecular weight is 361 g/mol. The molecule has 130 valence electrons. The fourth-order valence-electron chi connectivity index (χ4n) is 2.08. The number of rotatable bonds is 4. The molecule has 0 aliphatic carbocycles. The maximum Gasteiger partial charge on any atom is 0.311 e. The molecule has 2 heterocycles. The molecule has 9 heteroatoms. The first-order valence-electron chi connectivity index (χ1n) is 7.35. The normalized spacial score (nSPS) is 15.8. The lowest BCUT2D eigenvalue weighted by molar-refractivity contribution is -0.384. The molecule has 1 aromatic heterocycles. The Morgan fingerprint density at radius 2 is 1.96 bits per heavy atom. The number of hydrogen-bond donors (Lipinski definition) is 1. The van der Waals surface area contributed by atoms with Crippen molar-refractivity contribution < 1.29 is 9.35 Å². The van der Waals surface area contributed by atoms with Gasteiger partial charge in [0.05, 0.1) is 11.0 Å². The minimum atomic E-state index is -1.76. The van der Waals surface area contributed by atoms with Crippen LogP contribution in [0.15, 0.2) is 12.1 Å². The summed E-state index contributed by atoms with van der Waals surface area (Å²) in [6, 6.07) is 3.04. The van der Waals surface area contributed by atoms with Crippen LogP contribution in [0.2, 0.25) is 18.1 Å². The Labute approximate surface area is 143 Å². The summed E-state index contributed by atoms with van der Waals surface area (Å²) in [5.41, 5.74) is 5.47. The zero-order valence-corrected chi connectivity index (χ0v) is 16.0. The van der Waals surface area contributed by atoms with E-state index in [4.69, 9.17) is 10.2 Å². The van der Waals surface area contributed by atoms with Gasteiger partial charge in [0, 0.05) is 19.2 Å². The van der Waals surface area contributed by atoms with Crippen LogP contribution in [0.25, 0.3) is 0 Å². The van der Waals surface area contributed by atoms with E-state index in [-0.39, 0.29) is 35.1 Å². The predicted molar refractivity (Wildman–Crippen MR) is 96.8 cm³/mol. The standard InChI is InChI=1S/C14H24N4O3Si.ClH/c1-14(2,3)22(4,5)21-10-8-17(9-10)12-7-6-11(18(19)20)13(15)16-12;/h6-7,10H,8-9H2,1-5H3,(H2,15,16);1H. The maximum atomic E-state index is 10.7. The number of nitrogens with zero attached hydrogens (tertiary/aromatic N) is 3. The molecular weight excluding hydrogens is 336 g/mol. The molecule has 0 amide bonds. The lowest BCUT2D eigenvalue weighted by Crippen LogP contribution is -2.58. The topological polar surface area (TPSA) is 94.5 Å². The highest BCUT2D eigenvalue weighted by Gasteiger charge is 2.42. The first-order valence-corrected chi connectivity index (χ1v) is 10.3. The van der Waals surface area contributed by atoms with Crippen LogP contribution in [0.3, 0.4) is 0 Å². The lowest BCUT2D eigenvalue weighted by Gasteiger charge is -2.46. The molecule has 0 unspecified atom stereocenters. The van der Waals surface area contributed by atoms with Crippen LogP contribution in [0.5, 0.6) is 0 Å². The van der Waals surface area contributed by atoms with Crippen molar-refractivity contribution in [1.29, 1.82) is 0 Å². The van der Waals surface area contributed by atoms with E-state index in [1.165, 1.54) is 6.07 Å². The Bertz CT molecular complexity index is 586. The van der Waals surface area contributed by atoms with Gasteiger partial charge in [-0.15, -0.1) is 12.4 Å². The first kappa shape index (κ1) is 19.7. The van der Waals surface area contributed by atoms with E-state index >= 15 is 0 Å². The molecular formula is C14H25ClN4O3Si. The summed E-state index contributed by atoms with van der Waals surface area (Å²) >= 11 is 0. The SMILES string of the molecule is CC(C)(C)[Si](C)(C)OC1CN(c2ccc([N+](=O)[O-])c(N)n2)C1.Cl. The lowest BCUT2D eigenvalue weighted by atomic mass is 10.1. The van der Waals surface area contributed by atoms with Gasteiger partial charge < -0.3 is 15.1 Å². The van der Waals surface area contributed by atoms with Crippen LogP contribution in [0, 0.1) is 10.1 Å². The van der Waals surface area contributed by atoms with Crippen LogP contribution in [0.1, 0.15) is 20.8 Å². The third-order valence-corrected chi connectivity index (χ3v) is 9.06. The fourth-order valence-corrected chi connectivity index (χ4v) is 3.42. The number of pyridine rings is 1. The molecule has 0 spiro atoms. The van der Waals surface area contributed by atoms with E-state index in [0.717, 1.165) is 13.1 Å². The molecule has 0 atom stereocenters. The molecule has 1 aliphatic rings. The highest BCUT2D eigenvalue weighted by molar-refractivity contribution is 6.74. The quantitative estimate of drug-likeness (QED) is 0.503. The van der Waals surface area contributed by atoms with Gasteiger partial charge in [0.1, 0.15) is 5.82 Å². The Morgan fingerprint density at radius 3 is 2.39 bits per heavy atom. The van der Waals surface area contributed by atoms with Crippen LogP contribution in [0.4, 0.5) is 17.3 Å². The van der Waals surface area contributed by atoms with E-state index in [1.807, 2.05) is 4.90 Å². The smallest absolute Gasteiger partial charge is 0.311 e. The monoisotopic (exact) mass is 360 g/mol. The third kappa shape index (κ3) is 4.13. The van der Waals surface area contributed by atoms with Gasteiger partial charge in [-0.05, 0) is 24.2 Å². The number of aromatic nitrogens is 1. The molecule has 1 aliphatic heterocycles. The van der Waals surface area contributed by atoms with Crippen LogP contribution in [-0.2, 0) is 4.43 Å². The van der Waals surface area contributed by atoms with Gasteiger partial charge >= 0.3 is 5.69 Å². The van der Waals surface area contributed by atoms with Crippen molar-refractivity contribution in [1.82, 2.24) is 4.98 Å². The largest absolute Gasteiger partial charge is 0.410 e.